The number of para-hydroxylation sites is 1. The molecule has 3 rings (SSSR count). The van der Waals surface area contributed by atoms with E-state index in [1.54, 1.807) is 0 Å². The van der Waals surface area contributed by atoms with Crippen molar-refractivity contribution in [1.82, 2.24) is 10.6 Å². The lowest BCUT2D eigenvalue weighted by atomic mass is 10.2. The number of aryl methyl sites for hydroxylation is 1. The van der Waals surface area contributed by atoms with E-state index in [2.05, 4.69) is 40.7 Å². The number of aliphatic imine (C=N–C) groups is 1. The van der Waals surface area contributed by atoms with Crippen molar-refractivity contribution < 1.29 is 4.79 Å². The molecule has 0 unspecified atom stereocenters. The molecule has 26 heavy (non-hydrogen) atoms. The minimum absolute atomic E-state index is 0.0385. The van der Waals surface area contributed by atoms with Gasteiger partial charge in [0.15, 0.2) is 5.96 Å². The molecule has 0 fully saturated rings. The zero-order valence-corrected chi connectivity index (χ0v) is 16.2. The third-order valence-corrected chi connectivity index (χ3v) is 5.63. The Labute approximate surface area is 159 Å². The molecule has 2 heterocycles. The molecule has 0 spiro atoms. The van der Waals surface area contributed by atoms with Crippen molar-refractivity contribution in [3.8, 4) is 0 Å². The summed E-state index contributed by atoms with van der Waals surface area (Å²) in [6.07, 6.45) is 1.98. The van der Waals surface area contributed by atoms with Gasteiger partial charge >= 0.3 is 0 Å². The Morgan fingerprint density at radius 2 is 1.96 bits per heavy atom. The smallest absolute Gasteiger partial charge is 0.248 e. The van der Waals surface area contributed by atoms with E-state index in [4.69, 9.17) is 0 Å². The maximum absolute atomic E-state index is 12.6. The van der Waals surface area contributed by atoms with Crippen LogP contribution >= 0.6 is 11.3 Å². The third-order valence-electron chi connectivity index (χ3n) is 4.40. The van der Waals surface area contributed by atoms with Crippen molar-refractivity contribution >= 4 is 28.9 Å². The lowest BCUT2D eigenvalue weighted by Gasteiger charge is -2.17. The first-order valence-corrected chi connectivity index (χ1v) is 10.0. The third kappa shape index (κ3) is 4.43. The average Bonchev–Trinajstić information content (AvgIpc) is 3.30. The van der Waals surface area contributed by atoms with E-state index in [0.717, 1.165) is 38.2 Å². The van der Waals surface area contributed by atoms with Crippen LogP contribution in [0.5, 0.6) is 0 Å². The van der Waals surface area contributed by atoms with Gasteiger partial charge in [-0.25, -0.2) is 4.99 Å². The van der Waals surface area contributed by atoms with Gasteiger partial charge in [0, 0.05) is 28.5 Å². The highest BCUT2D eigenvalue weighted by atomic mass is 32.1. The second-order valence-electron chi connectivity index (χ2n) is 6.19. The van der Waals surface area contributed by atoms with Crippen LogP contribution in [0.1, 0.15) is 29.2 Å². The molecule has 0 aliphatic carbocycles. The number of carbonyl (C=O) groups is 1. The van der Waals surface area contributed by atoms with Crippen LogP contribution in [0.15, 0.2) is 41.4 Å². The molecule has 0 bridgehead atoms. The summed E-state index contributed by atoms with van der Waals surface area (Å²) in [7, 11) is 0. The van der Waals surface area contributed by atoms with E-state index in [-0.39, 0.29) is 12.5 Å². The summed E-state index contributed by atoms with van der Waals surface area (Å²) in [5.41, 5.74) is 2.26. The van der Waals surface area contributed by atoms with E-state index in [9.17, 15) is 4.79 Å². The molecular weight excluding hydrogens is 344 g/mol. The summed E-state index contributed by atoms with van der Waals surface area (Å²) in [4.78, 5) is 21.6. The fourth-order valence-electron chi connectivity index (χ4n) is 3.05. The van der Waals surface area contributed by atoms with Crippen LogP contribution < -0.4 is 15.5 Å². The minimum atomic E-state index is 0.0385. The molecule has 0 atom stereocenters. The highest BCUT2D eigenvalue weighted by molar-refractivity contribution is 7.11. The van der Waals surface area contributed by atoms with Gasteiger partial charge in [-0.1, -0.05) is 25.1 Å². The van der Waals surface area contributed by atoms with Crippen LogP contribution in [0.2, 0.25) is 0 Å². The minimum Gasteiger partial charge on any atom is -0.357 e. The molecule has 0 saturated carbocycles. The predicted octanol–water partition coefficient (Wildman–Crippen LogP) is 2.95. The van der Waals surface area contributed by atoms with E-state index in [1.165, 1.54) is 15.3 Å². The molecule has 1 aromatic heterocycles. The summed E-state index contributed by atoms with van der Waals surface area (Å²) in [5.74, 6) is 0.719. The van der Waals surface area contributed by atoms with Crippen molar-refractivity contribution in [2.75, 3.05) is 24.5 Å². The van der Waals surface area contributed by atoms with E-state index < -0.39 is 0 Å². The maximum Gasteiger partial charge on any atom is 0.248 e. The Morgan fingerprint density at radius 3 is 2.73 bits per heavy atom. The largest absolute Gasteiger partial charge is 0.357 e. The highest BCUT2D eigenvalue weighted by Crippen LogP contribution is 2.27. The Morgan fingerprint density at radius 1 is 1.15 bits per heavy atom. The summed E-state index contributed by atoms with van der Waals surface area (Å²) in [6.45, 7) is 6.56. The summed E-state index contributed by atoms with van der Waals surface area (Å²) < 4.78 is 0. The standard InChI is InChI=1S/C20H26N4OS/c1-3-16-9-10-17(26-16)13-22-20(21-4-2)23-14-19(25)24-12-11-15-7-5-6-8-18(15)24/h5-10H,3-4,11-14H2,1-2H3,(H2,21,22,23). The predicted molar refractivity (Wildman–Crippen MR) is 109 cm³/mol. The monoisotopic (exact) mass is 370 g/mol. The number of benzene rings is 1. The van der Waals surface area contributed by atoms with Crippen LogP contribution in [-0.2, 0) is 24.2 Å². The van der Waals surface area contributed by atoms with Crippen LogP contribution in [0.3, 0.4) is 0 Å². The number of nitrogens with zero attached hydrogens (tertiary/aromatic N) is 2. The molecule has 138 valence electrons. The van der Waals surface area contributed by atoms with Gasteiger partial charge in [-0.2, -0.15) is 0 Å². The zero-order chi connectivity index (χ0) is 18.4. The van der Waals surface area contributed by atoms with Gasteiger partial charge in [0.05, 0.1) is 6.54 Å². The molecule has 1 aromatic carbocycles. The van der Waals surface area contributed by atoms with Gasteiger partial charge < -0.3 is 15.5 Å². The number of carbonyl (C=O) groups excluding carboxylic acids is 1. The number of thiophene rings is 1. The number of fused-ring (bicyclic) bond motifs is 1. The zero-order valence-electron chi connectivity index (χ0n) is 15.4. The number of hydrogen-bond donors (Lipinski definition) is 2. The van der Waals surface area contributed by atoms with Gasteiger partial charge in [0.25, 0.3) is 0 Å². The Bertz CT molecular complexity index is 784. The summed E-state index contributed by atoms with van der Waals surface area (Å²) >= 11 is 1.81. The molecule has 2 N–H and O–H groups in total. The number of guanidine groups is 1. The molecule has 6 heteroatoms. The number of amides is 1. The molecule has 2 aromatic rings. The molecule has 1 aliphatic heterocycles. The normalized spacial score (nSPS) is 13.6. The quantitative estimate of drug-likeness (QED) is 0.607. The second kappa shape index (κ2) is 8.85. The molecule has 1 aliphatic rings. The van der Waals surface area contributed by atoms with Gasteiger partial charge in [-0.3, -0.25) is 4.79 Å². The number of nitrogens with one attached hydrogen (secondary N) is 2. The van der Waals surface area contributed by atoms with E-state index in [0.29, 0.717) is 5.96 Å². The number of anilines is 1. The van der Waals surface area contributed by atoms with Crippen LogP contribution in [0.25, 0.3) is 0 Å². The maximum atomic E-state index is 12.6. The Hall–Kier alpha value is -2.34. The molecular formula is C20H26N4OS. The van der Waals surface area contributed by atoms with Crippen molar-refractivity contribution in [3.63, 3.8) is 0 Å². The number of hydrogen-bond acceptors (Lipinski definition) is 3. The van der Waals surface area contributed by atoms with E-state index in [1.807, 2.05) is 41.4 Å². The molecule has 0 saturated heterocycles. The highest BCUT2D eigenvalue weighted by Gasteiger charge is 2.23. The SMILES string of the molecule is CCNC(=NCC(=O)N1CCc2ccccc21)NCc1ccc(CC)s1. The van der Waals surface area contributed by atoms with Crippen LogP contribution in [-0.4, -0.2) is 31.5 Å². The van der Waals surface area contributed by atoms with Gasteiger partial charge in [-0.15, -0.1) is 11.3 Å². The molecule has 1 amide bonds. The fourth-order valence-corrected chi connectivity index (χ4v) is 3.95. The first-order valence-electron chi connectivity index (χ1n) is 9.19. The van der Waals surface area contributed by atoms with Gasteiger partial charge in [0.2, 0.25) is 5.91 Å². The summed E-state index contributed by atoms with van der Waals surface area (Å²) in [5, 5.41) is 6.53. The lowest BCUT2D eigenvalue weighted by Crippen LogP contribution is -2.38. The lowest BCUT2D eigenvalue weighted by molar-refractivity contribution is -0.117. The number of rotatable bonds is 6. The van der Waals surface area contributed by atoms with Crippen LogP contribution in [0, 0.1) is 0 Å². The average molecular weight is 371 g/mol. The first-order chi connectivity index (χ1) is 12.7. The van der Waals surface area contributed by atoms with Crippen molar-refractivity contribution in [3.05, 3.63) is 51.7 Å². The molecule has 0 radical (unpaired) electrons. The van der Waals surface area contributed by atoms with Crippen molar-refractivity contribution in [2.45, 2.75) is 33.2 Å². The second-order valence-corrected chi connectivity index (χ2v) is 7.45. The topological polar surface area (TPSA) is 56.7 Å². The fraction of sp³-hybridized carbons (Fsp3) is 0.400. The van der Waals surface area contributed by atoms with Gasteiger partial charge in [0.1, 0.15) is 6.54 Å². The Balaban J connectivity index is 1.59. The first kappa shape index (κ1) is 18.5. The molecule has 5 nitrogen and oxygen atoms in total. The van der Waals surface area contributed by atoms with Gasteiger partial charge in [-0.05, 0) is 43.5 Å². The summed E-state index contributed by atoms with van der Waals surface area (Å²) in [6, 6.07) is 12.4. The van der Waals surface area contributed by atoms with E-state index >= 15 is 0 Å². The Kier molecular flexibility index (Phi) is 6.28. The van der Waals surface area contributed by atoms with Crippen molar-refractivity contribution in [1.29, 1.82) is 0 Å². The van der Waals surface area contributed by atoms with Crippen LogP contribution in [0.4, 0.5) is 5.69 Å². The van der Waals surface area contributed by atoms with Crippen molar-refractivity contribution in [2.24, 2.45) is 4.99 Å².